The molecule has 1 aromatic carbocycles. The predicted octanol–water partition coefficient (Wildman–Crippen LogP) is 3.71. The van der Waals surface area contributed by atoms with Gasteiger partial charge in [-0.3, -0.25) is 4.98 Å². The van der Waals surface area contributed by atoms with Crippen LogP contribution in [0.15, 0.2) is 48.2 Å². The van der Waals surface area contributed by atoms with Gasteiger partial charge >= 0.3 is 0 Å². The van der Waals surface area contributed by atoms with Gasteiger partial charge in [0.2, 0.25) is 0 Å². The zero-order valence-electron chi connectivity index (χ0n) is 13.2. The molecule has 1 aliphatic heterocycles. The first kappa shape index (κ1) is 13.7. The number of benzene rings is 1. The van der Waals surface area contributed by atoms with E-state index in [1.54, 1.807) is 5.57 Å². The number of piperidine rings is 1. The highest BCUT2D eigenvalue weighted by molar-refractivity contribution is 5.84. The van der Waals surface area contributed by atoms with E-state index in [9.17, 15) is 0 Å². The average Bonchev–Trinajstić information content (AvgIpc) is 2.71. The van der Waals surface area contributed by atoms with Crippen molar-refractivity contribution in [2.24, 2.45) is 0 Å². The minimum atomic E-state index is 1.07. The molecule has 2 heterocycles. The van der Waals surface area contributed by atoms with Crippen LogP contribution in [0.2, 0.25) is 0 Å². The summed E-state index contributed by atoms with van der Waals surface area (Å²) in [6.07, 6.45) is 6.60. The summed E-state index contributed by atoms with van der Waals surface area (Å²) in [6, 6.07) is 13.2. The molecule has 0 spiro atoms. The van der Waals surface area contributed by atoms with Crippen molar-refractivity contribution in [3.05, 3.63) is 70.6 Å². The normalized spacial score (nSPS) is 21.9. The van der Waals surface area contributed by atoms with Crippen LogP contribution in [0.3, 0.4) is 0 Å². The quantitative estimate of drug-likeness (QED) is 0.735. The van der Waals surface area contributed by atoms with Crippen molar-refractivity contribution in [3.63, 3.8) is 0 Å². The van der Waals surface area contributed by atoms with E-state index in [-0.39, 0.29) is 0 Å². The first-order valence-corrected chi connectivity index (χ1v) is 8.26. The second-order valence-electron chi connectivity index (χ2n) is 6.49. The van der Waals surface area contributed by atoms with Gasteiger partial charge in [0.15, 0.2) is 0 Å². The van der Waals surface area contributed by atoms with Gasteiger partial charge in [-0.05, 0) is 67.6 Å². The molecule has 1 saturated heterocycles. The van der Waals surface area contributed by atoms with Gasteiger partial charge in [-0.15, -0.1) is 0 Å². The van der Waals surface area contributed by atoms with Crippen molar-refractivity contribution in [2.75, 3.05) is 20.1 Å². The van der Waals surface area contributed by atoms with E-state index >= 15 is 0 Å². The molecule has 2 aromatic rings. The number of likely N-dealkylation sites (N-methyl/N-ethyl adjacent to an activating group) is 1. The molecule has 2 nitrogen and oxygen atoms in total. The second-order valence-corrected chi connectivity index (χ2v) is 6.49. The molecule has 0 radical (unpaired) electrons. The van der Waals surface area contributed by atoms with Crippen LogP contribution in [0.25, 0.3) is 5.57 Å². The molecule has 0 unspecified atom stereocenters. The van der Waals surface area contributed by atoms with Crippen molar-refractivity contribution < 1.29 is 0 Å². The molecule has 0 saturated carbocycles. The van der Waals surface area contributed by atoms with Crippen LogP contribution >= 0.6 is 0 Å². The summed E-state index contributed by atoms with van der Waals surface area (Å²) in [5.41, 5.74) is 8.46. The molecule has 2 heteroatoms. The number of likely N-dealkylation sites (tertiary alicyclic amines) is 1. The lowest BCUT2D eigenvalue weighted by atomic mass is 9.89. The van der Waals surface area contributed by atoms with Gasteiger partial charge in [-0.25, -0.2) is 0 Å². The number of rotatable bonds is 0. The van der Waals surface area contributed by atoms with Gasteiger partial charge in [0.25, 0.3) is 0 Å². The van der Waals surface area contributed by atoms with Gasteiger partial charge in [0.05, 0.1) is 5.69 Å². The molecule has 1 fully saturated rings. The third-order valence-electron chi connectivity index (χ3n) is 4.91. The number of pyridine rings is 1. The van der Waals surface area contributed by atoms with Crippen molar-refractivity contribution >= 4 is 5.57 Å². The Balaban J connectivity index is 1.97. The van der Waals surface area contributed by atoms with E-state index in [0.29, 0.717) is 0 Å². The van der Waals surface area contributed by atoms with Crippen LogP contribution in [-0.4, -0.2) is 30.0 Å². The summed E-state index contributed by atoms with van der Waals surface area (Å²) in [5.74, 6) is 0. The van der Waals surface area contributed by atoms with Gasteiger partial charge in [0, 0.05) is 18.3 Å². The molecule has 0 N–H and O–H groups in total. The number of hydrogen-bond donors (Lipinski definition) is 0. The predicted molar refractivity (Wildman–Crippen MR) is 90.8 cm³/mol. The molecule has 1 aliphatic carbocycles. The van der Waals surface area contributed by atoms with Crippen LogP contribution in [0, 0.1) is 0 Å². The van der Waals surface area contributed by atoms with Crippen molar-refractivity contribution in [1.29, 1.82) is 0 Å². The average molecular weight is 290 g/mol. The first-order valence-electron chi connectivity index (χ1n) is 8.26. The molecule has 0 atom stereocenters. The molecule has 2 aliphatic rings. The number of aryl methyl sites for hydroxylation is 2. The van der Waals surface area contributed by atoms with E-state index in [4.69, 9.17) is 4.98 Å². The monoisotopic (exact) mass is 290 g/mol. The maximum atomic E-state index is 4.78. The summed E-state index contributed by atoms with van der Waals surface area (Å²) in [6.45, 7) is 2.27. The highest BCUT2D eigenvalue weighted by Crippen LogP contribution is 2.36. The van der Waals surface area contributed by atoms with E-state index in [1.165, 1.54) is 47.3 Å². The Bertz CT molecular complexity index is 680. The summed E-state index contributed by atoms with van der Waals surface area (Å²) >= 11 is 0. The molecule has 1 aromatic heterocycles. The second kappa shape index (κ2) is 5.69. The maximum absolute atomic E-state index is 4.78. The van der Waals surface area contributed by atoms with E-state index < -0.39 is 0 Å². The number of fused-ring (bicyclic) bond motifs is 2. The zero-order chi connectivity index (χ0) is 14.9. The molecular weight excluding hydrogens is 268 g/mol. The lowest BCUT2D eigenvalue weighted by molar-refractivity contribution is 0.323. The molecule has 22 heavy (non-hydrogen) atoms. The SMILES string of the molecule is CN1CCC/C(=C2/c3ccccc3CCc3cccnc32)C1. The van der Waals surface area contributed by atoms with Crippen molar-refractivity contribution in [3.8, 4) is 0 Å². The smallest absolute Gasteiger partial charge is 0.0740 e. The zero-order valence-corrected chi connectivity index (χ0v) is 13.2. The molecular formula is C20H22N2. The molecule has 4 rings (SSSR count). The Labute approximate surface area is 132 Å². The number of hydrogen-bond acceptors (Lipinski definition) is 2. The Morgan fingerprint density at radius 2 is 1.77 bits per heavy atom. The lowest BCUT2D eigenvalue weighted by Gasteiger charge is -2.27. The van der Waals surface area contributed by atoms with Crippen molar-refractivity contribution in [1.82, 2.24) is 9.88 Å². The fourth-order valence-electron chi connectivity index (χ4n) is 3.85. The fourth-order valence-corrected chi connectivity index (χ4v) is 3.85. The van der Waals surface area contributed by atoms with Crippen LogP contribution < -0.4 is 0 Å². The lowest BCUT2D eigenvalue weighted by Crippen LogP contribution is -2.28. The van der Waals surface area contributed by atoms with Gasteiger partial charge in [-0.1, -0.05) is 30.3 Å². The Kier molecular flexibility index (Phi) is 3.55. The minimum absolute atomic E-state index is 1.07. The van der Waals surface area contributed by atoms with Gasteiger partial charge in [0.1, 0.15) is 0 Å². The Hall–Kier alpha value is -1.93. The number of nitrogens with zero attached hydrogens (tertiary/aromatic N) is 2. The highest BCUT2D eigenvalue weighted by atomic mass is 15.1. The largest absolute Gasteiger partial charge is 0.302 e. The van der Waals surface area contributed by atoms with Crippen LogP contribution in [0.4, 0.5) is 0 Å². The summed E-state index contributed by atoms with van der Waals surface area (Å²) in [5, 5.41) is 0. The molecule has 112 valence electrons. The summed E-state index contributed by atoms with van der Waals surface area (Å²) in [7, 11) is 2.22. The highest BCUT2D eigenvalue weighted by Gasteiger charge is 2.23. The van der Waals surface area contributed by atoms with E-state index in [2.05, 4.69) is 48.3 Å². The van der Waals surface area contributed by atoms with Crippen LogP contribution in [0.1, 0.15) is 35.2 Å². The first-order chi connectivity index (χ1) is 10.8. The molecule has 0 amide bonds. The fraction of sp³-hybridized carbons (Fsp3) is 0.350. The number of aromatic nitrogens is 1. The summed E-state index contributed by atoms with van der Waals surface area (Å²) in [4.78, 5) is 7.22. The minimum Gasteiger partial charge on any atom is -0.302 e. The Morgan fingerprint density at radius 1 is 0.955 bits per heavy atom. The third kappa shape index (κ3) is 2.38. The van der Waals surface area contributed by atoms with Gasteiger partial charge in [-0.2, -0.15) is 0 Å². The van der Waals surface area contributed by atoms with E-state index in [0.717, 1.165) is 19.4 Å². The van der Waals surface area contributed by atoms with Crippen LogP contribution in [-0.2, 0) is 12.8 Å². The molecule has 0 bridgehead atoms. The van der Waals surface area contributed by atoms with Crippen molar-refractivity contribution in [2.45, 2.75) is 25.7 Å². The van der Waals surface area contributed by atoms with Crippen LogP contribution in [0.5, 0.6) is 0 Å². The summed E-state index contributed by atoms with van der Waals surface area (Å²) < 4.78 is 0. The Morgan fingerprint density at radius 3 is 2.68 bits per heavy atom. The standard InChI is InChI=1S/C20H22N2/c1-22-13-5-8-17(14-22)19-18-9-3-2-6-15(18)10-11-16-7-4-12-21-20(16)19/h2-4,6-7,9,12H,5,8,10-11,13-14H2,1H3/b19-17+. The third-order valence-corrected chi connectivity index (χ3v) is 4.91. The maximum Gasteiger partial charge on any atom is 0.0740 e. The van der Waals surface area contributed by atoms with E-state index in [1.807, 2.05) is 6.20 Å². The van der Waals surface area contributed by atoms with Gasteiger partial charge < -0.3 is 4.90 Å². The topological polar surface area (TPSA) is 16.1 Å².